The zero-order valence-electron chi connectivity index (χ0n) is 9.27. The quantitative estimate of drug-likeness (QED) is 0.850. The van der Waals surface area contributed by atoms with Gasteiger partial charge < -0.3 is 10.2 Å². The van der Waals surface area contributed by atoms with Crippen LogP contribution in [0.5, 0.6) is 5.75 Å². The molecule has 1 saturated carbocycles. The number of rotatable bonds is 3. The number of aromatic hydroxyl groups is 1. The van der Waals surface area contributed by atoms with Crippen LogP contribution in [-0.4, -0.2) is 30.5 Å². The number of halogens is 1. The lowest BCUT2D eigenvalue weighted by atomic mass is 10.1. The van der Waals surface area contributed by atoms with E-state index in [9.17, 15) is 23.0 Å². The molecule has 0 unspecified atom stereocenters. The van der Waals surface area contributed by atoms with Crippen molar-refractivity contribution in [1.82, 2.24) is 0 Å². The van der Waals surface area contributed by atoms with E-state index < -0.39 is 31.9 Å². The molecule has 17 heavy (non-hydrogen) atoms. The minimum absolute atomic E-state index is 0.0711. The minimum atomic E-state index is -3.83. The molecule has 0 amide bonds. The van der Waals surface area contributed by atoms with Gasteiger partial charge in [0.2, 0.25) is 0 Å². The van der Waals surface area contributed by atoms with Gasteiger partial charge in [0.1, 0.15) is 16.5 Å². The summed E-state index contributed by atoms with van der Waals surface area (Å²) < 4.78 is 36.6. The molecule has 0 spiro atoms. The number of phenols is 1. The summed E-state index contributed by atoms with van der Waals surface area (Å²) in [5, 5.41) is 19.1. The minimum Gasteiger partial charge on any atom is -0.506 e. The first-order valence-electron chi connectivity index (χ1n) is 5.16. The molecule has 1 aliphatic rings. The van der Waals surface area contributed by atoms with E-state index in [1.54, 1.807) is 0 Å². The summed E-state index contributed by atoms with van der Waals surface area (Å²) in [6.45, 7) is 0. The number of aliphatic hydroxyl groups is 1. The normalized spacial score (nSPS) is 18.1. The summed E-state index contributed by atoms with van der Waals surface area (Å²) in [4.78, 5) is -0.695. The highest BCUT2D eigenvalue weighted by Crippen LogP contribution is 2.40. The van der Waals surface area contributed by atoms with E-state index in [0.29, 0.717) is 12.8 Å². The highest BCUT2D eigenvalue weighted by molar-refractivity contribution is 7.90. The van der Waals surface area contributed by atoms with Crippen LogP contribution in [0.4, 0.5) is 4.39 Å². The monoisotopic (exact) mass is 260 g/mol. The molecule has 1 aromatic rings. The molecular formula is C11H13FO4S. The number of benzene rings is 1. The van der Waals surface area contributed by atoms with Crippen LogP contribution in [0.15, 0.2) is 17.0 Å². The Balaban J connectivity index is 2.50. The van der Waals surface area contributed by atoms with Gasteiger partial charge in [-0.1, -0.05) is 6.07 Å². The number of sulfone groups is 1. The molecule has 2 N–H and O–H groups in total. The molecule has 6 heteroatoms. The Morgan fingerprint density at radius 3 is 2.47 bits per heavy atom. The number of hydrogen-bond acceptors (Lipinski definition) is 4. The molecular weight excluding hydrogens is 247 g/mol. The van der Waals surface area contributed by atoms with Crippen molar-refractivity contribution in [2.75, 3.05) is 6.26 Å². The fourth-order valence-corrected chi connectivity index (χ4v) is 2.66. The van der Waals surface area contributed by atoms with Crippen molar-refractivity contribution >= 4 is 9.84 Å². The van der Waals surface area contributed by atoms with Crippen LogP contribution in [0, 0.1) is 5.82 Å². The smallest absolute Gasteiger partial charge is 0.182 e. The first kappa shape index (κ1) is 12.3. The van der Waals surface area contributed by atoms with Gasteiger partial charge in [-0.15, -0.1) is 0 Å². The SMILES string of the molecule is CS(=O)(=O)c1c(O)ccc(CC2(O)CC2)c1F. The Labute approximate surface area is 98.6 Å². The number of phenolic OH excluding ortho intramolecular Hbond substituents is 1. The Hall–Kier alpha value is -1.14. The van der Waals surface area contributed by atoms with E-state index in [1.807, 2.05) is 0 Å². The Morgan fingerprint density at radius 2 is 2.00 bits per heavy atom. The number of hydrogen-bond donors (Lipinski definition) is 2. The fourth-order valence-electron chi connectivity index (χ4n) is 1.75. The van der Waals surface area contributed by atoms with Crippen molar-refractivity contribution < 1.29 is 23.0 Å². The van der Waals surface area contributed by atoms with Crippen molar-refractivity contribution in [3.63, 3.8) is 0 Å². The zero-order valence-corrected chi connectivity index (χ0v) is 10.1. The maximum absolute atomic E-state index is 13.9. The Bertz CT molecular complexity index is 561. The summed E-state index contributed by atoms with van der Waals surface area (Å²) in [6, 6.07) is 2.44. The third-order valence-electron chi connectivity index (χ3n) is 2.87. The summed E-state index contributed by atoms with van der Waals surface area (Å²) >= 11 is 0. The van der Waals surface area contributed by atoms with Crippen LogP contribution in [0.1, 0.15) is 18.4 Å². The lowest BCUT2D eigenvalue weighted by Crippen LogP contribution is -2.13. The molecule has 4 nitrogen and oxygen atoms in total. The largest absolute Gasteiger partial charge is 0.506 e. The van der Waals surface area contributed by atoms with Gasteiger partial charge in [-0.2, -0.15) is 0 Å². The Kier molecular flexibility index (Phi) is 2.67. The van der Waals surface area contributed by atoms with Crippen LogP contribution >= 0.6 is 0 Å². The molecule has 0 saturated heterocycles. The Morgan fingerprint density at radius 1 is 1.41 bits per heavy atom. The lowest BCUT2D eigenvalue weighted by molar-refractivity contribution is 0.149. The van der Waals surface area contributed by atoms with Gasteiger partial charge in [-0.25, -0.2) is 12.8 Å². The molecule has 0 bridgehead atoms. The van der Waals surface area contributed by atoms with Crippen LogP contribution in [-0.2, 0) is 16.3 Å². The molecule has 0 radical (unpaired) electrons. The second kappa shape index (κ2) is 3.68. The predicted octanol–water partition coefficient (Wildman–Crippen LogP) is 1.00. The van der Waals surface area contributed by atoms with E-state index in [-0.39, 0.29) is 12.0 Å². The van der Waals surface area contributed by atoms with Crippen molar-refractivity contribution in [2.45, 2.75) is 29.8 Å². The second-order valence-corrected chi connectivity index (χ2v) is 6.51. The highest BCUT2D eigenvalue weighted by atomic mass is 32.2. The molecule has 1 aliphatic carbocycles. The van der Waals surface area contributed by atoms with Crippen molar-refractivity contribution in [1.29, 1.82) is 0 Å². The molecule has 1 fully saturated rings. The van der Waals surface area contributed by atoms with Gasteiger partial charge in [0.15, 0.2) is 9.84 Å². The fraction of sp³-hybridized carbons (Fsp3) is 0.455. The van der Waals surface area contributed by atoms with Crippen LogP contribution in [0.3, 0.4) is 0 Å². The molecule has 0 heterocycles. The van der Waals surface area contributed by atoms with Crippen molar-refractivity contribution in [3.05, 3.63) is 23.5 Å². The summed E-state index contributed by atoms with van der Waals surface area (Å²) in [5.74, 6) is -1.57. The summed E-state index contributed by atoms with van der Waals surface area (Å²) in [7, 11) is -3.83. The first-order valence-corrected chi connectivity index (χ1v) is 7.05. The predicted molar refractivity (Wildman–Crippen MR) is 59.1 cm³/mol. The lowest BCUT2D eigenvalue weighted by Gasteiger charge is -2.11. The highest BCUT2D eigenvalue weighted by Gasteiger charge is 2.41. The average molecular weight is 260 g/mol. The van der Waals surface area contributed by atoms with E-state index in [1.165, 1.54) is 6.07 Å². The molecule has 1 aromatic carbocycles. The molecule has 2 rings (SSSR count). The van der Waals surface area contributed by atoms with Gasteiger partial charge in [-0.3, -0.25) is 0 Å². The maximum Gasteiger partial charge on any atom is 0.182 e. The van der Waals surface area contributed by atoms with Crippen molar-refractivity contribution in [3.8, 4) is 5.75 Å². The molecule has 0 atom stereocenters. The van der Waals surface area contributed by atoms with E-state index >= 15 is 0 Å². The zero-order chi connectivity index (χ0) is 12.8. The van der Waals surface area contributed by atoms with Gasteiger partial charge >= 0.3 is 0 Å². The van der Waals surface area contributed by atoms with Gasteiger partial charge in [0.05, 0.1) is 5.60 Å². The van der Waals surface area contributed by atoms with Crippen molar-refractivity contribution in [2.24, 2.45) is 0 Å². The topological polar surface area (TPSA) is 74.6 Å². The maximum atomic E-state index is 13.9. The van der Waals surface area contributed by atoms with E-state index in [2.05, 4.69) is 0 Å². The van der Waals surface area contributed by atoms with E-state index in [0.717, 1.165) is 12.3 Å². The third kappa shape index (κ3) is 2.42. The van der Waals surface area contributed by atoms with Crippen LogP contribution in [0.2, 0.25) is 0 Å². The first-order chi connectivity index (χ1) is 7.73. The molecule has 94 valence electrons. The van der Waals surface area contributed by atoms with E-state index in [4.69, 9.17) is 0 Å². The summed E-state index contributed by atoms with van der Waals surface area (Å²) in [6.07, 6.45) is 2.07. The van der Waals surface area contributed by atoms with Crippen LogP contribution in [0.25, 0.3) is 0 Å². The molecule has 0 aliphatic heterocycles. The third-order valence-corrected chi connectivity index (χ3v) is 4.00. The van der Waals surface area contributed by atoms with Crippen LogP contribution < -0.4 is 0 Å². The van der Waals surface area contributed by atoms with Gasteiger partial charge in [0.25, 0.3) is 0 Å². The average Bonchev–Trinajstić information content (AvgIpc) is 2.87. The summed E-state index contributed by atoms with van der Waals surface area (Å²) in [5.41, 5.74) is -0.796. The van der Waals surface area contributed by atoms with Gasteiger partial charge in [-0.05, 0) is 24.5 Å². The second-order valence-electron chi connectivity index (χ2n) is 4.56. The van der Waals surface area contributed by atoms with Gasteiger partial charge in [0, 0.05) is 12.7 Å². The standard InChI is InChI=1S/C11H13FO4S/c1-17(15,16)10-8(13)3-2-7(9(10)12)6-11(14)4-5-11/h2-3,13-14H,4-6H2,1H3. The molecule has 0 aromatic heterocycles.